The number of benzene rings is 1. The first-order valence-corrected chi connectivity index (χ1v) is 9.23. The molecule has 2 N–H and O–H groups in total. The summed E-state index contributed by atoms with van der Waals surface area (Å²) in [5.41, 5.74) is 0.529. The topological polar surface area (TPSA) is 95.6 Å². The van der Waals surface area contributed by atoms with Crippen molar-refractivity contribution >= 4 is 27.5 Å². The molecule has 1 aromatic rings. The molecule has 2 amide bonds. The van der Waals surface area contributed by atoms with Crippen molar-refractivity contribution in [2.75, 3.05) is 25.0 Å². The van der Waals surface area contributed by atoms with Crippen LogP contribution < -0.4 is 10.0 Å². The van der Waals surface area contributed by atoms with Gasteiger partial charge in [-0.05, 0) is 30.2 Å². The summed E-state index contributed by atoms with van der Waals surface area (Å²) < 4.78 is 27.0. The second-order valence-electron chi connectivity index (χ2n) is 5.96. The summed E-state index contributed by atoms with van der Waals surface area (Å²) in [5, 5.41) is 2.57. The number of nitrogens with zero attached hydrogens (tertiary/aromatic N) is 1. The maximum atomic E-state index is 12.2. The molecular weight excluding hydrogens is 330 g/mol. The quantitative estimate of drug-likeness (QED) is 0.737. The minimum atomic E-state index is -3.66. The van der Waals surface area contributed by atoms with E-state index in [1.54, 1.807) is 4.90 Å². The van der Waals surface area contributed by atoms with E-state index in [1.807, 2.05) is 13.8 Å². The smallest absolute Gasteiger partial charge is 0.240 e. The van der Waals surface area contributed by atoms with Gasteiger partial charge in [-0.15, -0.1) is 0 Å². The van der Waals surface area contributed by atoms with E-state index in [4.69, 9.17) is 0 Å². The molecule has 7 nitrogen and oxygen atoms in total. The van der Waals surface area contributed by atoms with Gasteiger partial charge in [-0.25, -0.2) is 13.1 Å². The van der Waals surface area contributed by atoms with Crippen LogP contribution in [-0.4, -0.2) is 44.8 Å². The molecule has 1 aromatic carbocycles. The summed E-state index contributed by atoms with van der Waals surface area (Å²) >= 11 is 0. The molecule has 8 heteroatoms. The van der Waals surface area contributed by atoms with E-state index in [0.717, 1.165) is 0 Å². The Bertz CT molecular complexity index is 669. The van der Waals surface area contributed by atoms with E-state index in [-0.39, 0.29) is 23.3 Å². The van der Waals surface area contributed by atoms with Crippen molar-refractivity contribution in [3.8, 4) is 0 Å². The van der Waals surface area contributed by atoms with E-state index >= 15 is 0 Å². The molecule has 0 radical (unpaired) electrons. The minimum Gasteiger partial charge on any atom is -0.341 e. The van der Waals surface area contributed by atoms with Crippen LogP contribution in [0.4, 0.5) is 5.69 Å². The second kappa shape index (κ2) is 8.79. The number of carbonyl (C=O) groups is 2. The van der Waals surface area contributed by atoms with Gasteiger partial charge >= 0.3 is 0 Å². The first-order chi connectivity index (χ1) is 11.1. The highest BCUT2D eigenvalue weighted by molar-refractivity contribution is 7.89. The lowest BCUT2D eigenvalue weighted by molar-refractivity contribution is -0.129. The fourth-order valence-corrected chi connectivity index (χ4v) is 3.16. The molecule has 0 spiro atoms. The van der Waals surface area contributed by atoms with Crippen LogP contribution in [0.1, 0.15) is 27.7 Å². The van der Waals surface area contributed by atoms with Crippen LogP contribution in [0.15, 0.2) is 29.2 Å². The average Bonchev–Trinajstić information content (AvgIpc) is 2.45. The third-order valence-electron chi connectivity index (χ3n) is 3.19. The van der Waals surface area contributed by atoms with Gasteiger partial charge in [-0.2, -0.15) is 0 Å². The van der Waals surface area contributed by atoms with Gasteiger partial charge in [0.15, 0.2) is 0 Å². The van der Waals surface area contributed by atoms with Crippen molar-refractivity contribution in [1.82, 2.24) is 9.62 Å². The van der Waals surface area contributed by atoms with E-state index in [0.29, 0.717) is 24.7 Å². The van der Waals surface area contributed by atoms with Crippen molar-refractivity contribution < 1.29 is 18.0 Å². The summed E-state index contributed by atoms with van der Waals surface area (Å²) in [6, 6.07) is 5.89. The van der Waals surface area contributed by atoms with Crippen molar-refractivity contribution in [2.45, 2.75) is 32.6 Å². The zero-order valence-corrected chi connectivity index (χ0v) is 15.3. The molecule has 0 heterocycles. The first kappa shape index (κ1) is 20.1. The van der Waals surface area contributed by atoms with Crippen molar-refractivity contribution in [1.29, 1.82) is 0 Å². The molecule has 0 unspecified atom stereocenters. The lowest BCUT2D eigenvalue weighted by atomic mass is 10.2. The van der Waals surface area contributed by atoms with Gasteiger partial charge in [0.25, 0.3) is 0 Å². The normalized spacial score (nSPS) is 11.4. The van der Waals surface area contributed by atoms with Crippen LogP contribution >= 0.6 is 0 Å². The predicted octanol–water partition coefficient (Wildman–Crippen LogP) is 1.43. The molecule has 134 valence electrons. The van der Waals surface area contributed by atoms with Gasteiger partial charge in [-0.1, -0.05) is 13.8 Å². The molecule has 0 aliphatic heterocycles. The maximum Gasteiger partial charge on any atom is 0.240 e. The van der Waals surface area contributed by atoms with E-state index < -0.39 is 10.0 Å². The number of nitrogens with one attached hydrogen (secondary N) is 2. The largest absolute Gasteiger partial charge is 0.341 e. The summed E-state index contributed by atoms with van der Waals surface area (Å²) in [7, 11) is -3.66. The van der Waals surface area contributed by atoms with Gasteiger partial charge in [-0.3, -0.25) is 9.59 Å². The Labute approximate surface area is 143 Å². The Morgan fingerprint density at radius 2 is 1.71 bits per heavy atom. The predicted molar refractivity (Wildman–Crippen MR) is 93.0 cm³/mol. The maximum absolute atomic E-state index is 12.2. The molecule has 0 bridgehead atoms. The number of anilines is 1. The van der Waals surface area contributed by atoms with Crippen molar-refractivity contribution in [3.63, 3.8) is 0 Å². The Morgan fingerprint density at radius 3 is 2.17 bits per heavy atom. The fraction of sp³-hybridized carbons (Fsp3) is 0.500. The Kier molecular flexibility index (Phi) is 7.37. The van der Waals surface area contributed by atoms with Gasteiger partial charge < -0.3 is 10.2 Å². The van der Waals surface area contributed by atoms with Crippen molar-refractivity contribution in [3.05, 3.63) is 24.3 Å². The molecule has 0 aromatic heterocycles. The van der Waals surface area contributed by atoms with Gasteiger partial charge in [0.05, 0.1) is 4.90 Å². The van der Waals surface area contributed by atoms with Gasteiger partial charge in [0.1, 0.15) is 0 Å². The Morgan fingerprint density at radius 1 is 1.12 bits per heavy atom. The molecule has 0 saturated heterocycles. The highest BCUT2D eigenvalue weighted by Gasteiger charge is 2.15. The monoisotopic (exact) mass is 355 g/mol. The number of carbonyl (C=O) groups excluding carboxylic acids is 2. The molecule has 1 rings (SSSR count). The second-order valence-corrected chi connectivity index (χ2v) is 7.73. The number of amides is 2. The average molecular weight is 355 g/mol. The zero-order valence-electron chi connectivity index (χ0n) is 14.5. The highest BCUT2D eigenvalue weighted by atomic mass is 32.2. The van der Waals surface area contributed by atoms with Crippen LogP contribution in [0, 0.1) is 5.92 Å². The summed E-state index contributed by atoms with van der Waals surface area (Å²) in [4.78, 5) is 24.2. The molecule has 0 fully saturated rings. The fourth-order valence-electron chi connectivity index (χ4n) is 2.14. The van der Waals surface area contributed by atoms with E-state index in [2.05, 4.69) is 10.0 Å². The van der Waals surface area contributed by atoms with Gasteiger partial charge in [0.2, 0.25) is 21.8 Å². The first-order valence-electron chi connectivity index (χ1n) is 7.74. The lowest BCUT2D eigenvalue weighted by Gasteiger charge is -2.23. The van der Waals surface area contributed by atoms with Crippen LogP contribution in [0.5, 0.6) is 0 Å². The lowest BCUT2D eigenvalue weighted by Crippen LogP contribution is -2.39. The number of rotatable bonds is 8. The van der Waals surface area contributed by atoms with Crippen LogP contribution in [0.3, 0.4) is 0 Å². The highest BCUT2D eigenvalue weighted by Crippen LogP contribution is 2.13. The van der Waals surface area contributed by atoms with Crippen molar-refractivity contribution in [2.24, 2.45) is 5.92 Å². The molecule has 0 saturated carbocycles. The van der Waals surface area contributed by atoms with Crippen LogP contribution in [0.25, 0.3) is 0 Å². The summed E-state index contributed by atoms with van der Waals surface area (Å²) in [6.45, 7) is 7.89. The molecule has 0 aliphatic rings. The van der Waals surface area contributed by atoms with E-state index in [9.17, 15) is 18.0 Å². The summed E-state index contributed by atoms with van der Waals surface area (Å²) in [6.07, 6.45) is 0. The van der Waals surface area contributed by atoms with Gasteiger partial charge in [0, 0.05) is 39.2 Å². The third-order valence-corrected chi connectivity index (χ3v) is 4.67. The SMILES string of the molecule is CC(=O)Nc1ccc(S(=O)(=O)NCCN(CC(C)C)C(C)=O)cc1. The standard InChI is InChI=1S/C16H25N3O4S/c1-12(2)11-19(14(4)21)10-9-17-24(22,23)16-7-5-15(6-8-16)18-13(3)20/h5-8,12,17H,9-11H2,1-4H3,(H,18,20). The number of sulfonamides is 1. The van der Waals surface area contributed by atoms with E-state index in [1.165, 1.54) is 38.1 Å². The molecular formula is C16H25N3O4S. The Hall–Kier alpha value is -1.93. The zero-order chi connectivity index (χ0) is 18.3. The Balaban J connectivity index is 2.65. The number of hydrogen-bond donors (Lipinski definition) is 2. The van der Waals surface area contributed by atoms with Crippen LogP contribution in [-0.2, 0) is 19.6 Å². The molecule has 0 atom stereocenters. The number of hydrogen-bond acceptors (Lipinski definition) is 4. The molecule has 24 heavy (non-hydrogen) atoms. The summed E-state index contributed by atoms with van der Waals surface area (Å²) in [5.74, 6) is 0.00703. The third kappa shape index (κ3) is 6.67. The minimum absolute atomic E-state index is 0.0810. The molecule has 0 aliphatic carbocycles. The van der Waals surface area contributed by atoms with Crippen LogP contribution in [0.2, 0.25) is 0 Å².